The molecule has 1 N–H and O–H groups in total. The third-order valence-corrected chi connectivity index (χ3v) is 5.44. The van der Waals surface area contributed by atoms with E-state index in [1.807, 2.05) is 0 Å². The third kappa shape index (κ3) is 3.58. The molecule has 1 heterocycles. The molecule has 0 radical (unpaired) electrons. The molecule has 1 rings (SSSR count). The number of nitrogens with one attached hydrogen (secondary N) is 1. The van der Waals surface area contributed by atoms with Gasteiger partial charge in [-0.2, -0.15) is 13.2 Å². The van der Waals surface area contributed by atoms with Crippen molar-refractivity contribution in [2.24, 2.45) is 5.92 Å². The monoisotopic (exact) mass is 288 g/mol. The van der Waals surface area contributed by atoms with Gasteiger partial charge in [0.25, 0.3) is 0 Å². The number of rotatable bonds is 4. The molecule has 0 saturated carbocycles. The zero-order valence-electron chi connectivity index (χ0n) is 10.5. The van der Waals surface area contributed by atoms with E-state index in [2.05, 4.69) is 5.32 Å². The molecule has 1 aliphatic heterocycles. The van der Waals surface area contributed by atoms with Crippen molar-refractivity contribution in [3.05, 3.63) is 0 Å². The van der Waals surface area contributed by atoms with E-state index in [4.69, 9.17) is 0 Å². The van der Waals surface area contributed by atoms with Gasteiger partial charge in [0.05, 0.1) is 11.2 Å². The minimum atomic E-state index is -4.32. The van der Waals surface area contributed by atoms with E-state index >= 15 is 0 Å². The maximum atomic E-state index is 12.6. The van der Waals surface area contributed by atoms with Gasteiger partial charge < -0.3 is 5.32 Å². The van der Waals surface area contributed by atoms with Crippen LogP contribution in [0, 0.1) is 5.92 Å². The molecule has 108 valence electrons. The highest BCUT2D eigenvalue weighted by molar-refractivity contribution is 7.89. The first-order valence-electron chi connectivity index (χ1n) is 5.90. The molecule has 4 nitrogen and oxygen atoms in total. The van der Waals surface area contributed by atoms with E-state index in [1.165, 1.54) is 6.92 Å². The van der Waals surface area contributed by atoms with Crippen molar-refractivity contribution in [1.82, 2.24) is 9.62 Å². The van der Waals surface area contributed by atoms with Crippen molar-refractivity contribution in [3.8, 4) is 0 Å². The van der Waals surface area contributed by atoms with Gasteiger partial charge in [0.2, 0.25) is 10.0 Å². The molecule has 0 aromatic rings. The summed E-state index contributed by atoms with van der Waals surface area (Å²) in [5.74, 6) is -1.54. The SMILES string of the molecule is CNCC(C)S(=O)(=O)N1CCCC(C(F)(F)F)C1. The molecule has 1 fully saturated rings. The Hall–Kier alpha value is -0.340. The summed E-state index contributed by atoms with van der Waals surface area (Å²) >= 11 is 0. The van der Waals surface area contributed by atoms with E-state index in [1.54, 1.807) is 7.05 Å². The quantitative estimate of drug-likeness (QED) is 0.845. The maximum absolute atomic E-state index is 12.6. The lowest BCUT2D eigenvalue weighted by atomic mass is 9.99. The summed E-state index contributed by atoms with van der Waals surface area (Å²) in [4.78, 5) is 0. The third-order valence-electron chi connectivity index (χ3n) is 3.21. The summed E-state index contributed by atoms with van der Waals surface area (Å²) in [6, 6.07) is 0. The van der Waals surface area contributed by atoms with Crippen molar-refractivity contribution >= 4 is 10.0 Å². The van der Waals surface area contributed by atoms with Gasteiger partial charge in [0, 0.05) is 19.6 Å². The Balaban J connectivity index is 2.78. The van der Waals surface area contributed by atoms with Gasteiger partial charge in [-0.15, -0.1) is 0 Å². The highest BCUT2D eigenvalue weighted by atomic mass is 32.2. The van der Waals surface area contributed by atoms with Crippen LogP contribution in [0.3, 0.4) is 0 Å². The van der Waals surface area contributed by atoms with Crippen LogP contribution in [0.5, 0.6) is 0 Å². The molecular formula is C10H19F3N2O2S. The minimum absolute atomic E-state index is 0.00985. The number of hydrogen-bond donors (Lipinski definition) is 1. The number of nitrogens with zero attached hydrogens (tertiary/aromatic N) is 1. The second kappa shape index (κ2) is 5.75. The predicted octanol–water partition coefficient (Wildman–Crippen LogP) is 1.20. The Labute approximate surface area is 106 Å². The molecule has 8 heteroatoms. The van der Waals surface area contributed by atoms with Crippen LogP contribution in [0.25, 0.3) is 0 Å². The summed E-state index contributed by atoms with van der Waals surface area (Å²) in [6.07, 6.45) is -4.05. The topological polar surface area (TPSA) is 49.4 Å². The van der Waals surface area contributed by atoms with E-state index in [-0.39, 0.29) is 25.9 Å². The van der Waals surface area contributed by atoms with Crippen LogP contribution in [0.2, 0.25) is 0 Å². The van der Waals surface area contributed by atoms with Gasteiger partial charge in [-0.1, -0.05) is 0 Å². The zero-order chi connectivity index (χ0) is 14.0. The molecule has 2 unspecified atom stereocenters. The first-order chi connectivity index (χ1) is 8.19. The summed E-state index contributed by atoms with van der Waals surface area (Å²) < 4.78 is 63.0. The second-order valence-electron chi connectivity index (χ2n) is 4.65. The highest BCUT2D eigenvalue weighted by Gasteiger charge is 2.44. The molecule has 2 atom stereocenters. The molecule has 1 aliphatic rings. The lowest BCUT2D eigenvalue weighted by Crippen LogP contribution is -2.48. The Morgan fingerprint density at radius 2 is 2.06 bits per heavy atom. The highest BCUT2D eigenvalue weighted by Crippen LogP contribution is 2.34. The van der Waals surface area contributed by atoms with Gasteiger partial charge >= 0.3 is 6.18 Å². The van der Waals surface area contributed by atoms with Crippen LogP contribution in [-0.2, 0) is 10.0 Å². The van der Waals surface area contributed by atoms with Crippen LogP contribution in [0.4, 0.5) is 13.2 Å². The average Bonchev–Trinajstić information content (AvgIpc) is 2.28. The van der Waals surface area contributed by atoms with Gasteiger partial charge in [-0.3, -0.25) is 0 Å². The molecule has 18 heavy (non-hydrogen) atoms. The van der Waals surface area contributed by atoms with Crippen molar-refractivity contribution in [1.29, 1.82) is 0 Å². The summed E-state index contributed by atoms with van der Waals surface area (Å²) in [7, 11) is -2.03. The van der Waals surface area contributed by atoms with E-state index in [0.29, 0.717) is 0 Å². The smallest absolute Gasteiger partial charge is 0.318 e. The molecule has 0 aromatic heterocycles. The van der Waals surface area contributed by atoms with Crippen LogP contribution in [0.1, 0.15) is 19.8 Å². The van der Waals surface area contributed by atoms with Crippen LogP contribution >= 0.6 is 0 Å². The molecule has 0 bridgehead atoms. The molecule has 0 amide bonds. The zero-order valence-corrected chi connectivity index (χ0v) is 11.3. The van der Waals surface area contributed by atoms with Crippen molar-refractivity contribution in [3.63, 3.8) is 0 Å². The number of hydrogen-bond acceptors (Lipinski definition) is 3. The fourth-order valence-corrected chi connectivity index (χ4v) is 3.75. The number of alkyl halides is 3. The molecule has 1 saturated heterocycles. The summed E-state index contributed by atoms with van der Waals surface area (Å²) in [5, 5.41) is 2.01. The molecular weight excluding hydrogens is 269 g/mol. The fourth-order valence-electron chi connectivity index (χ4n) is 2.09. The fraction of sp³-hybridized carbons (Fsp3) is 1.00. The van der Waals surface area contributed by atoms with Gasteiger partial charge in [0.15, 0.2) is 0 Å². The van der Waals surface area contributed by atoms with E-state index < -0.39 is 33.9 Å². The van der Waals surface area contributed by atoms with Gasteiger partial charge in [-0.25, -0.2) is 12.7 Å². The Bertz CT molecular complexity index is 370. The first-order valence-corrected chi connectivity index (χ1v) is 7.40. The number of sulfonamides is 1. The average molecular weight is 288 g/mol. The number of halogens is 3. The lowest BCUT2D eigenvalue weighted by molar-refractivity contribution is -0.182. The molecule has 0 aromatic carbocycles. The molecule has 0 spiro atoms. The van der Waals surface area contributed by atoms with E-state index in [0.717, 1.165) is 4.31 Å². The standard InChI is InChI=1S/C10H19F3N2O2S/c1-8(6-14-2)18(16,17)15-5-3-4-9(7-15)10(11,12)13/h8-9,14H,3-7H2,1-2H3. The lowest BCUT2D eigenvalue weighted by Gasteiger charge is -2.34. The largest absolute Gasteiger partial charge is 0.393 e. The second-order valence-corrected chi connectivity index (χ2v) is 7.00. The van der Waals surface area contributed by atoms with Crippen molar-refractivity contribution < 1.29 is 21.6 Å². The molecule has 0 aliphatic carbocycles. The van der Waals surface area contributed by atoms with Gasteiger partial charge in [0.1, 0.15) is 0 Å². The van der Waals surface area contributed by atoms with Crippen LogP contribution < -0.4 is 5.32 Å². The minimum Gasteiger partial charge on any atom is -0.318 e. The maximum Gasteiger partial charge on any atom is 0.393 e. The van der Waals surface area contributed by atoms with Crippen LogP contribution in [-0.4, -0.2) is 50.8 Å². The predicted molar refractivity (Wildman–Crippen MR) is 62.7 cm³/mol. The number of piperidine rings is 1. The van der Waals surface area contributed by atoms with Crippen LogP contribution in [0.15, 0.2) is 0 Å². The van der Waals surface area contributed by atoms with Gasteiger partial charge in [-0.05, 0) is 26.8 Å². The normalized spacial score (nSPS) is 25.1. The van der Waals surface area contributed by atoms with Crippen molar-refractivity contribution in [2.75, 3.05) is 26.7 Å². The summed E-state index contributed by atoms with van der Waals surface area (Å²) in [6.45, 7) is 1.47. The summed E-state index contributed by atoms with van der Waals surface area (Å²) in [5.41, 5.74) is 0. The Morgan fingerprint density at radius 3 is 2.56 bits per heavy atom. The Morgan fingerprint density at radius 1 is 1.44 bits per heavy atom. The Kier molecular flexibility index (Phi) is 5.02. The van der Waals surface area contributed by atoms with Crippen molar-refractivity contribution in [2.45, 2.75) is 31.2 Å². The first kappa shape index (κ1) is 15.7. The van der Waals surface area contributed by atoms with E-state index in [9.17, 15) is 21.6 Å².